The van der Waals surface area contributed by atoms with Crippen LogP contribution in [-0.2, 0) is 11.2 Å². The van der Waals surface area contributed by atoms with Crippen LogP contribution >= 0.6 is 11.6 Å². The Morgan fingerprint density at radius 2 is 1.88 bits per heavy atom. The molecule has 0 unspecified atom stereocenters. The van der Waals surface area contributed by atoms with Gasteiger partial charge in [0.1, 0.15) is 11.9 Å². The molecule has 0 aliphatic carbocycles. The predicted octanol–water partition coefficient (Wildman–Crippen LogP) is 3.60. The summed E-state index contributed by atoms with van der Waals surface area (Å²) in [5.41, 5.74) is 3.10. The minimum atomic E-state index is -0.237. The first-order valence-electron chi connectivity index (χ1n) is 8.94. The third-order valence-corrected chi connectivity index (χ3v) is 5.41. The summed E-state index contributed by atoms with van der Waals surface area (Å²) in [4.78, 5) is 14.8. The summed E-state index contributed by atoms with van der Waals surface area (Å²) in [6.45, 7) is 1.70. The molecular weight excluding hydrogens is 353 g/mol. The number of hydrogen-bond acceptors (Lipinski definition) is 3. The lowest BCUT2D eigenvalue weighted by atomic mass is 10.0. The number of hydrogen-bond donors (Lipinski definition) is 2. The number of carbonyl (C=O) groups excluding carboxylic acids is 1. The van der Waals surface area contributed by atoms with Gasteiger partial charge in [0.25, 0.3) is 0 Å². The molecule has 2 heterocycles. The summed E-state index contributed by atoms with van der Waals surface area (Å²) in [5.74, 6) is -0.181. The fourth-order valence-electron chi connectivity index (χ4n) is 3.72. The van der Waals surface area contributed by atoms with Crippen molar-refractivity contribution in [1.82, 2.24) is 5.32 Å². The monoisotopic (exact) mass is 373 g/mol. The minimum absolute atomic E-state index is 0.0394. The van der Waals surface area contributed by atoms with Gasteiger partial charge >= 0.3 is 0 Å². The molecule has 2 aromatic rings. The summed E-state index contributed by atoms with van der Waals surface area (Å²) in [6.07, 6.45) is 2.43. The average Bonchev–Trinajstić information content (AvgIpc) is 3.06. The first kappa shape index (κ1) is 17.2. The van der Waals surface area contributed by atoms with Crippen LogP contribution in [0.4, 0.5) is 15.8 Å². The van der Waals surface area contributed by atoms with Crippen LogP contribution in [-0.4, -0.2) is 31.1 Å². The quantitative estimate of drug-likeness (QED) is 0.864. The fraction of sp³-hybridized carbons (Fsp3) is 0.350. The van der Waals surface area contributed by atoms with Gasteiger partial charge in [-0.25, -0.2) is 4.39 Å². The van der Waals surface area contributed by atoms with Crippen molar-refractivity contribution in [3.8, 4) is 0 Å². The maximum absolute atomic E-state index is 13.0. The zero-order chi connectivity index (χ0) is 18.1. The number of piperidine rings is 1. The Kier molecular flexibility index (Phi) is 4.72. The number of benzene rings is 2. The Morgan fingerprint density at radius 1 is 1.15 bits per heavy atom. The second kappa shape index (κ2) is 7.16. The Hall–Kier alpha value is -2.27. The van der Waals surface area contributed by atoms with Crippen LogP contribution in [0.3, 0.4) is 0 Å². The molecular formula is C20H21ClFN3O. The van der Waals surface area contributed by atoms with Gasteiger partial charge in [0.05, 0.1) is 0 Å². The predicted molar refractivity (Wildman–Crippen MR) is 102 cm³/mol. The van der Waals surface area contributed by atoms with Crippen molar-refractivity contribution >= 4 is 28.9 Å². The molecule has 2 aromatic carbocycles. The zero-order valence-electron chi connectivity index (χ0n) is 14.3. The molecule has 0 bridgehead atoms. The molecule has 1 amide bonds. The highest BCUT2D eigenvalue weighted by atomic mass is 35.5. The number of amides is 1. The Morgan fingerprint density at radius 3 is 2.62 bits per heavy atom. The van der Waals surface area contributed by atoms with Crippen molar-refractivity contribution in [2.24, 2.45) is 0 Å². The second-order valence-corrected chi connectivity index (χ2v) is 7.39. The molecule has 0 spiro atoms. The Labute approximate surface area is 157 Å². The van der Waals surface area contributed by atoms with Gasteiger partial charge < -0.3 is 15.5 Å². The van der Waals surface area contributed by atoms with Crippen LogP contribution in [0.25, 0.3) is 0 Å². The van der Waals surface area contributed by atoms with Crippen LogP contribution < -0.4 is 15.5 Å². The lowest BCUT2D eigenvalue weighted by Gasteiger charge is -2.34. The minimum Gasteiger partial charge on any atom is -0.373 e. The van der Waals surface area contributed by atoms with E-state index in [0.29, 0.717) is 11.4 Å². The number of halogens is 2. The molecule has 2 aliphatic rings. The molecule has 136 valence electrons. The van der Waals surface area contributed by atoms with Gasteiger partial charge in [-0.05, 0) is 60.9 Å². The third-order valence-electron chi connectivity index (χ3n) is 5.17. The molecule has 4 nitrogen and oxygen atoms in total. The van der Waals surface area contributed by atoms with Gasteiger partial charge in [0.15, 0.2) is 0 Å². The number of carbonyl (C=O) groups is 1. The van der Waals surface area contributed by atoms with E-state index in [1.165, 1.54) is 12.1 Å². The maximum atomic E-state index is 13.0. The summed E-state index contributed by atoms with van der Waals surface area (Å²) >= 11 is 6.03. The first-order chi connectivity index (χ1) is 12.6. The lowest BCUT2D eigenvalue weighted by Crippen LogP contribution is -2.48. The highest BCUT2D eigenvalue weighted by Gasteiger charge is 2.29. The fourth-order valence-corrected chi connectivity index (χ4v) is 3.92. The summed E-state index contributed by atoms with van der Waals surface area (Å²) in [7, 11) is 0. The summed E-state index contributed by atoms with van der Waals surface area (Å²) in [5, 5.41) is 7.14. The molecule has 1 fully saturated rings. The van der Waals surface area contributed by atoms with E-state index >= 15 is 0 Å². The molecule has 2 N–H and O–H groups in total. The van der Waals surface area contributed by atoms with Crippen LogP contribution in [0.1, 0.15) is 18.4 Å². The number of fused-ring (bicyclic) bond motifs is 1. The number of nitrogens with one attached hydrogen (secondary N) is 2. The molecule has 4 rings (SSSR count). The van der Waals surface area contributed by atoms with Crippen LogP contribution in [0.2, 0.25) is 5.02 Å². The van der Waals surface area contributed by atoms with E-state index in [0.717, 1.165) is 42.9 Å². The zero-order valence-corrected chi connectivity index (χ0v) is 15.1. The van der Waals surface area contributed by atoms with Gasteiger partial charge in [-0.2, -0.15) is 0 Å². The largest absolute Gasteiger partial charge is 0.373 e. The maximum Gasteiger partial charge on any atom is 0.243 e. The standard InChI is InChI=1S/C20H21ClFN3O/c21-14-1-6-18-13(11-14)12-19(24-18)20(26)23-16-7-9-25(10-8-16)17-4-2-15(22)3-5-17/h1-6,11,16,19,24H,7-10,12H2,(H,23,26)/t19-/m0/s1. The van der Waals surface area contributed by atoms with E-state index in [4.69, 9.17) is 11.6 Å². The van der Waals surface area contributed by atoms with Crippen molar-refractivity contribution in [2.45, 2.75) is 31.3 Å². The van der Waals surface area contributed by atoms with E-state index in [-0.39, 0.29) is 23.8 Å². The molecule has 0 radical (unpaired) electrons. The molecule has 1 atom stereocenters. The van der Waals surface area contributed by atoms with E-state index in [9.17, 15) is 9.18 Å². The van der Waals surface area contributed by atoms with Gasteiger partial charge in [-0.15, -0.1) is 0 Å². The van der Waals surface area contributed by atoms with Gasteiger partial charge in [-0.1, -0.05) is 11.6 Å². The SMILES string of the molecule is O=C(NC1CCN(c2ccc(F)cc2)CC1)[C@@H]1Cc2cc(Cl)ccc2N1. The number of rotatable bonds is 3. The van der Waals surface area contributed by atoms with Crippen molar-refractivity contribution in [3.63, 3.8) is 0 Å². The molecule has 26 heavy (non-hydrogen) atoms. The van der Waals surface area contributed by atoms with Crippen molar-refractivity contribution in [2.75, 3.05) is 23.3 Å². The van der Waals surface area contributed by atoms with E-state index in [2.05, 4.69) is 15.5 Å². The molecule has 1 saturated heterocycles. The molecule has 2 aliphatic heterocycles. The van der Waals surface area contributed by atoms with Crippen LogP contribution in [0.5, 0.6) is 0 Å². The molecule has 0 saturated carbocycles. The average molecular weight is 374 g/mol. The van der Waals surface area contributed by atoms with E-state index in [1.807, 2.05) is 18.2 Å². The normalized spacial score (nSPS) is 19.8. The highest BCUT2D eigenvalue weighted by molar-refractivity contribution is 6.30. The highest BCUT2D eigenvalue weighted by Crippen LogP contribution is 2.29. The smallest absolute Gasteiger partial charge is 0.243 e. The lowest BCUT2D eigenvalue weighted by molar-refractivity contribution is -0.122. The van der Waals surface area contributed by atoms with Gasteiger partial charge in [-0.3, -0.25) is 4.79 Å². The van der Waals surface area contributed by atoms with Crippen LogP contribution in [0.15, 0.2) is 42.5 Å². The number of nitrogens with zero attached hydrogens (tertiary/aromatic N) is 1. The van der Waals surface area contributed by atoms with Crippen LogP contribution in [0, 0.1) is 5.82 Å². The molecule has 6 heteroatoms. The third kappa shape index (κ3) is 3.63. The Bertz CT molecular complexity index is 803. The molecule has 0 aromatic heterocycles. The van der Waals surface area contributed by atoms with Crippen molar-refractivity contribution in [1.29, 1.82) is 0 Å². The topological polar surface area (TPSA) is 44.4 Å². The van der Waals surface area contributed by atoms with Crippen molar-refractivity contribution < 1.29 is 9.18 Å². The summed E-state index contributed by atoms with van der Waals surface area (Å²) < 4.78 is 13.0. The number of anilines is 2. The van der Waals surface area contributed by atoms with Gasteiger partial charge in [0.2, 0.25) is 5.91 Å². The van der Waals surface area contributed by atoms with Gasteiger partial charge in [0, 0.05) is 41.9 Å². The Balaban J connectivity index is 1.29. The first-order valence-corrected chi connectivity index (χ1v) is 9.32. The second-order valence-electron chi connectivity index (χ2n) is 6.95. The van der Waals surface area contributed by atoms with Crippen molar-refractivity contribution in [3.05, 3.63) is 58.9 Å². The van der Waals surface area contributed by atoms with E-state index < -0.39 is 0 Å². The van der Waals surface area contributed by atoms with E-state index in [1.54, 1.807) is 12.1 Å². The summed E-state index contributed by atoms with van der Waals surface area (Å²) in [6, 6.07) is 12.2.